The first-order valence-corrected chi connectivity index (χ1v) is 7.57. The van der Waals surface area contributed by atoms with Crippen molar-refractivity contribution in [2.75, 3.05) is 18.4 Å². The highest BCUT2D eigenvalue weighted by Gasteiger charge is 2.14. The molecule has 0 saturated heterocycles. The van der Waals surface area contributed by atoms with E-state index in [1.54, 1.807) is 17.0 Å². The summed E-state index contributed by atoms with van der Waals surface area (Å²) in [6.07, 6.45) is 0. The zero-order valence-electron chi connectivity index (χ0n) is 13.3. The molecule has 1 aromatic carbocycles. The molecule has 0 aliphatic carbocycles. The molecular weight excluding hydrogens is 276 g/mol. The Hall–Kier alpha value is -2.43. The average molecular weight is 298 g/mol. The van der Waals surface area contributed by atoms with Gasteiger partial charge >= 0.3 is 0 Å². The number of amides is 1. The SMILES string of the molecule is CCN(CC)C(=O)c1ccc(NCc2ccccc2C)nn1. The number of carbonyl (C=O) groups excluding carboxylic acids is 1. The van der Waals surface area contributed by atoms with Gasteiger partial charge in [-0.25, -0.2) is 0 Å². The number of aryl methyl sites for hydroxylation is 1. The van der Waals surface area contributed by atoms with Crippen LogP contribution in [0.15, 0.2) is 36.4 Å². The topological polar surface area (TPSA) is 58.1 Å². The molecule has 1 N–H and O–H groups in total. The predicted molar refractivity (Wildman–Crippen MR) is 87.8 cm³/mol. The lowest BCUT2D eigenvalue weighted by atomic mass is 10.1. The van der Waals surface area contributed by atoms with Gasteiger partial charge in [-0.3, -0.25) is 4.79 Å². The van der Waals surface area contributed by atoms with Crippen LogP contribution in [0.1, 0.15) is 35.5 Å². The van der Waals surface area contributed by atoms with Crippen LogP contribution in [0.5, 0.6) is 0 Å². The van der Waals surface area contributed by atoms with E-state index in [1.165, 1.54) is 11.1 Å². The Kier molecular flexibility index (Phi) is 5.47. The van der Waals surface area contributed by atoms with Crippen molar-refractivity contribution in [3.05, 3.63) is 53.2 Å². The monoisotopic (exact) mass is 298 g/mol. The van der Waals surface area contributed by atoms with Crippen LogP contribution in [0.3, 0.4) is 0 Å². The van der Waals surface area contributed by atoms with Crippen LogP contribution >= 0.6 is 0 Å². The number of aromatic nitrogens is 2. The maximum absolute atomic E-state index is 12.1. The largest absolute Gasteiger partial charge is 0.364 e. The second kappa shape index (κ2) is 7.54. The van der Waals surface area contributed by atoms with Crippen LogP contribution in [0, 0.1) is 6.92 Å². The van der Waals surface area contributed by atoms with Gasteiger partial charge in [-0.2, -0.15) is 0 Å². The number of benzene rings is 1. The summed E-state index contributed by atoms with van der Waals surface area (Å²) in [5, 5.41) is 11.3. The Morgan fingerprint density at radius 1 is 1.09 bits per heavy atom. The third-order valence-corrected chi connectivity index (χ3v) is 3.66. The van der Waals surface area contributed by atoms with Crippen LogP contribution in [-0.4, -0.2) is 34.1 Å². The number of hydrogen-bond donors (Lipinski definition) is 1. The Morgan fingerprint density at radius 3 is 2.41 bits per heavy atom. The van der Waals surface area contributed by atoms with E-state index < -0.39 is 0 Å². The first kappa shape index (κ1) is 15.9. The van der Waals surface area contributed by atoms with Gasteiger partial charge in [0.05, 0.1) is 0 Å². The third-order valence-electron chi connectivity index (χ3n) is 3.66. The van der Waals surface area contributed by atoms with E-state index in [0.29, 0.717) is 31.1 Å². The molecule has 1 aromatic heterocycles. The second-order valence-corrected chi connectivity index (χ2v) is 5.06. The maximum atomic E-state index is 12.1. The van der Waals surface area contributed by atoms with Gasteiger partial charge < -0.3 is 10.2 Å². The van der Waals surface area contributed by atoms with Crippen molar-refractivity contribution in [3.8, 4) is 0 Å². The van der Waals surface area contributed by atoms with Gasteiger partial charge in [0.1, 0.15) is 5.82 Å². The number of nitrogens with zero attached hydrogens (tertiary/aromatic N) is 3. The average Bonchev–Trinajstić information content (AvgIpc) is 2.55. The van der Waals surface area contributed by atoms with Gasteiger partial charge in [0.2, 0.25) is 0 Å². The molecule has 0 saturated carbocycles. The molecule has 0 unspecified atom stereocenters. The summed E-state index contributed by atoms with van der Waals surface area (Å²) < 4.78 is 0. The highest BCUT2D eigenvalue weighted by Crippen LogP contribution is 2.10. The van der Waals surface area contributed by atoms with Crippen molar-refractivity contribution >= 4 is 11.7 Å². The fraction of sp³-hybridized carbons (Fsp3) is 0.353. The molecule has 2 aromatic rings. The molecule has 0 spiro atoms. The standard InChI is InChI=1S/C17H22N4O/c1-4-21(5-2)17(22)15-10-11-16(20-19-15)18-12-14-9-7-6-8-13(14)3/h6-11H,4-5,12H2,1-3H3,(H,18,20). The summed E-state index contributed by atoms with van der Waals surface area (Å²) in [6, 6.07) is 11.7. The maximum Gasteiger partial charge on any atom is 0.274 e. The second-order valence-electron chi connectivity index (χ2n) is 5.06. The van der Waals surface area contributed by atoms with Crippen LogP contribution in [0.2, 0.25) is 0 Å². The van der Waals surface area contributed by atoms with Gasteiger partial charge in [-0.15, -0.1) is 10.2 Å². The number of anilines is 1. The van der Waals surface area contributed by atoms with Crippen molar-refractivity contribution in [3.63, 3.8) is 0 Å². The lowest BCUT2D eigenvalue weighted by Crippen LogP contribution is -2.31. The molecule has 0 bridgehead atoms. The van der Waals surface area contributed by atoms with E-state index in [9.17, 15) is 4.79 Å². The van der Waals surface area contributed by atoms with E-state index in [4.69, 9.17) is 0 Å². The molecule has 1 amide bonds. The van der Waals surface area contributed by atoms with Gasteiger partial charge in [0.15, 0.2) is 5.69 Å². The fourth-order valence-electron chi connectivity index (χ4n) is 2.21. The van der Waals surface area contributed by atoms with Crippen molar-refractivity contribution in [2.45, 2.75) is 27.3 Å². The summed E-state index contributed by atoms with van der Waals surface area (Å²) in [7, 11) is 0. The summed E-state index contributed by atoms with van der Waals surface area (Å²) in [5.41, 5.74) is 2.83. The highest BCUT2D eigenvalue weighted by molar-refractivity contribution is 5.92. The molecule has 0 radical (unpaired) electrons. The quantitative estimate of drug-likeness (QED) is 0.891. The molecule has 0 aliphatic rings. The first-order valence-electron chi connectivity index (χ1n) is 7.57. The van der Waals surface area contributed by atoms with Crippen LogP contribution in [0.25, 0.3) is 0 Å². The number of carbonyl (C=O) groups is 1. The fourth-order valence-corrected chi connectivity index (χ4v) is 2.21. The highest BCUT2D eigenvalue weighted by atomic mass is 16.2. The smallest absolute Gasteiger partial charge is 0.274 e. The van der Waals surface area contributed by atoms with Gasteiger partial charge in [-0.05, 0) is 44.0 Å². The number of nitrogens with one attached hydrogen (secondary N) is 1. The van der Waals surface area contributed by atoms with Gasteiger partial charge in [0, 0.05) is 19.6 Å². The van der Waals surface area contributed by atoms with E-state index in [0.717, 1.165) is 0 Å². The molecule has 0 atom stereocenters. The van der Waals surface area contributed by atoms with Crippen LogP contribution < -0.4 is 5.32 Å². The zero-order chi connectivity index (χ0) is 15.9. The number of hydrogen-bond acceptors (Lipinski definition) is 4. The molecule has 0 aliphatic heterocycles. The lowest BCUT2D eigenvalue weighted by molar-refractivity contribution is 0.0766. The van der Waals surface area contributed by atoms with Crippen molar-refractivity contribution in [1.29, 1.82) is 0 Å². The third kappa shape index (κ3) is 3.81. The Bertz CT molecular complexity index is 621. The molecular formula is C17H22N4O. The van der Waals surface area contributed by atoms with Gasteiger partial charge in [-0.1, -0.05) is 24.3 Å². The predicted octanol–water partition coefficient (Wildman–Crippen LogP) is 2.88. The van der Waals surface area contributed by atoms with Crippen molar-refractivity contribution in [1.82, 2.24) is 15.1 Å². The number of rotatable bonds is 6. The molecule has 2 rings (SSSR count). The minimum atomic E-state index is -0.0806. The normalized spacial score (nSPS) is 10.3. The molecule has 0 fully saturated rings. The summed E-state index contributed by atoms with van der Waals surface area (Å²) in [6.45, 7) is 8.01. The molecule has 5 heteroatoms. The van der Waals surface area contributed by atoms with Crippen LogP contribution in [0.4, 0.5) is 5.82 Å². The summed E-state index contributed by atoms with van der Waals surface area (Å²) in [5.74, 6) is 0.585. The molecule has 116 valence electrons. The molecule has 22 heavy (non-hydrogen) atoms. The van der Waals surface area contributed by atoms with Crippen molar-refractivity contribution in [2.24, 2.45) is 0 Å². The molecule has 1 heterocycles. The van der Waals surface area contributed by atoms with Crippen LogP contribution in [-0.2, 0) is 6.54 Å². The summed E-state index contributed by atoms with van der Waals surface area (Å²) >= 11 is 0. The first-order chi connectivity index (χ1) is 10.7. The summed E-state index contributed by atoms with van der Waals surface area (Å²) in [4.78, 5) is 13.9. The Morgan fingerprint density at radius 2 is 1.82 bits per heavy atom. The minimum absolute atomic E-state index is 0.0806. The molecule has 5 nitrogen and oxygen atoms in total. The van der Waals surface area contributed by atoms with Gasteiger partial charge in [0.25, 0.3) is 5.91 Å². The Balaban J connectivity index is 2.00. The van der Waals surface area contributed by atoms with E-state index in [-0.39, 0.29) is 5.91 Å². The minimum Gasteiger partial charge on any atom is -0.364 e. The van der Waals surface area contributed by atoms with E-state index >= 15 is 0 Å². The van der Waals surface area contributed by atoms with E-state index in [1.807, 2.05) is 26.0 Å². The zero-order valence-corrected chi connectivity index (χ0v) is 13.3. The van der Waals surface area contributed by atoms with Crippen molar-refractivity contribution < 1.29 is 4.79 Å². The lowest BCUT2D eigenvalue weighted by Gasteiger charge is -2.17. The Labute approximate surface area is 131 Å². The van der Waals surface area contributed by atoms with E-state index in [2.05, 4.69) is 34.6 Å².